The van der Waals surface area contributed by atoms with E-state index < -0.39 is 5.97 Å². The molecule has 1 aliphatic rings. The molecule has 4 nitrogen and oxygen atoms in total. The van der Waals surface area contributed by atoms with Crippen molar-refractivity contribution in [1.82, 2.24) is 0 Å². The van der Waals surface area contributed by atoms with E-state index in [1.54, 1.807) is 6.07 Å². The van der Waals surface area contributed by atoms with E-state index in [1.165, 1.54) is 12.1 Å². The Labute approximate surface area is 101 Å². The van der Waals surface area contributed by atoms with E-state index in [4.69, 9.17) is 14.6 Å². The molecule has 1 unspecified atom stereocenters. The first-order valence-electron chi connectivity index (χ1n) is 4.94. The predicted octanol–water partition coefficient (Wildman–Crippen LogP) is 2.32. The largest absolute Gasteiger partial charge is 0.487 e. The molecule has 86 valence electrons. The van der Waals surface area contributed by atoms with Crippen LogP contribution in [-0.2, 0) is 4.74 Å². The molecule has 2 rings (SSSR count). The topological polar surface area (TPSA) is 55.8 Å². The van der Waals surface area contributed by atoms with E-state index in [1.807, 2.05) is 0 Å². The summed E-state index contributed by atoms with van der Waals surface area (Å²) in [5.74, 6) is -0.407. The lowest BCUT2D eigenvalue weighted by Gasteiger charge is -2.13. The maximum atomic E-state index is 10.8. The van der Waals surface area contributed by atoms with Crippen LogP contribution in [0.3, 0.4) is 0 Å². The second-order valence-corrected chi connectivity index (χ2v) is 4.41. The molecule has 5 heteroatoms. The maximum absolute atomic E-state index is 10.8. The Hall–Kier alpha value is -1.07. The summed E-state index contributed by atoms with van der Waals surface area (Å²) in [7, 11) is 0. The molecule has 0 spiro atoms. The van der Waals surface area contributed by atoms with Crippen LogP contribution in [-0.4, -0.2) is 30.4 Å². The highest BCUT2D eigenvalue weighted by atomic mass is 79.9. The summed E-state index contributed by atoms with van der Waals surface area (Å²) < 4.78 is 11.6. The first-order chi connectivity index (χ1) is 7.66. The molecule has 1 N–H and O–H groups in total. The van der Waals surface area contributed by atoms with Gasteiger partial charge in [0, 0.05) is 6.42 Å². The molecule has 0 saturated carbocycles. The van der Waals surface area contributed by atoms with Gasteiger partial charge in [0.2, 0.25) is 0 Å². The zero-order valence-electron chi connectivity index (χ0n) is 8.48. The van der Waals surface area contributed by atoms with Gasteiger partial charge in [-0.1, -0.05) is 0 Å². The highest BCUT2D eigenvalue weighted by Gasteiger charge is 2.19. The number of halogens is 1. The van der Waals surface area contributed by atoms with Crippen molar-refractivity contribution < 1.29 is 19.4 Å². The van der Waals surface area contributed by atoms with E-state index >= 15 is 0 Å². The summed E-state index contributed by atoms with van der Waals surface area (Å²) in [6.45, 7) is 1.25. The van der Waals surface area contributed by atoms with Crippen molar-refractivity contribution in [2.45, 2.75) is 12.5 Å². The minimum atomic E-state index is -0.958. The van der Waals surface area contributed by atoms with Gasteiger partial charge in [-0.3, -0.25) is 0 Å². The van der Waals surface area contributed by atoms with Crippen LogP contribution in [0.1, 0.15) is 16.8 Å². The Balaban J connectivity index is 2.17. The van der Waals surface area contributed by atoms with Crippen LogP contribution in [0.25, 0.3) is 0 Å². The van der Waals surface area contributed by atoms with Crippen LogP contribution >= 0.6 is 15.9 Å². The SMILES string of the molecule is O=C(O)c1ccc(Br)c(OC2CCOC2)c1. The zero-order valence-corrected chi connectivity index (χ0v) is 10.1. The van der Waals surface area contributed by atoms with Gasteiger partial charge in [-0.15, -0.1) is 0 Å². The van der Waals surface area contributed by atoms with Crippen molar-refractivity contribution in [3.63, 3.8) is 0 Å². The Kier molecular flexibility index (Phi) is 3.46. The summed E-state index contributed by atoms with van der Waals surface area (Å²) in [6.07, 6.45) is 0.851. The molecule has 0 bridgehead atoms. The average molecular weight is 287 g/mol. The van der Waals surface area contributed by atoms with Gasteiger partial charge in [0.25, 0.3) is 0 Å². The molecule has 1 heterocycles. The lowest BCUT2D eigenvalue weighted by Crippen LogP contribution is -2.16. The third-order valence-electron chi connectivity index (χ3n) is 2.36. The van der Waals surface area contributed by atoms with Crippen LogP contribution in [0.4, 0.5) is 0 Å². The maximum Gasteiger partial charge on any atom is 0.335 e. The minimum Gasteiger partial charge on any atom is -0.487 e. The van der Waals surface area contributed by atoms with Crippen LogP contribution in [0, 0.1) is 0 Å². The van der Waals surface area contributed by atoms with Crippen LogP contribution in [0.15, 0.2) is 22.7 Å². The Bertz CT molecular complexity index is 399. The second kappa shape index (κ2) is 4.84. The third-order valence-corrected chi connectivity index (χ3v) is 3.01. The molecule has 0 radical (unpaired) electrons. The summed E-state index contributed by atoms with van der Waals surface area (Å²) in [5, 5.41) is 8.87. The monoisotopic (exact) mass is 286 g/mol. The fourth-order valence-electron chi connectivity index (χ4n) is 1.51. The Morgan fingerprint density at radius 2 is 2.38 bits per heavy atom. The summed E-state index contributed by atoms with van der Waals surface area (Å²) in [5.41, 5.74) is 0.220. The summed E-state index contributed by atoms with van der Waals surface area (Å²) in [4.78, 5) is 10.8. The number of carboxylic acid groups (broad SMARTS) is 1. The first kappa shape index (κ1) is 11.4. The minimum absolute atomic E-state index is 0.0142. The highest BCUT2D eigenvalue weighted by Crippen LogP contribution is 2.28. The fraction of sp³-hybridized carbons (Fsp3) is 0.364. The average Bonchev–Trinajstić information content (AvgIpc) is 2.73. The normalized spacial score (nSPS) is 19.7. The number of rotatable bonds is 3. The number of hydrogen-bond acceptors (Lipinski definition) is 3. The van der Waals surface area contributed by atoms with Gasteiger partial charge >= 0.3 is 5.97 Å². The van der Waals surface area contributed by atoms with Crippen molar-refractivity contribution in [1.29, 1.82) is 0 Å². The molecule has 1 fully saturated rings. The number of hydrogen-bond donors (Lipinski definition) is 1. The van der Waals surface area contributed by atoms with Gasteiger partial charge in [-0.2, -0.15) is 0 Å². The zero-order chi connectivity index (χ0) is 11.5. The standard InChI is InChI=1S/C11H11BrO4/c12-9-2-1-7(11(13)14)5-10(9)16-8-3-4-15-6-8/h1-2,5,8H,3-4,6H2,(H,13,14). The van der Waals surface area contributed by atoms with Crippen molar-refractivity contribution in [3.05, 3.63) is 28.2 Å². The van der Waals surface area contributed by atoms with Crippen LogP contribution in [0.2, 0.25) is 0 Å². The van der Waals surface area contributed by atoms with Crippen LogP contribution in [0.5, 0.6) is 5.75 Å². The number of carbonyl (C=O) groups is 1. The fourth-order valence-corrected chi connectivity index (χ4v) is 1.85. The predicted molar refractivity (Wildman–Crippen MR) is 61.0 cm³/mol. The Morgan fingerprint density at radius 3 is 3.00 bits per heavy atom. The molecule has 0 amide bonds. The van der Waals surface area contributed by atoms with E-state index in [0.29, 0.717) is 19.0 Å². The number of carboxylic acids is 1. The van der Waals surface area contributed by atoms with Crippen LogP contribution < -0.4 is 4.74 Å². The lowest BCUT2D eigenvalue weighted by molar-refractivity contribution is 0.0696. The molecule has 1 aromatic carbocycles. The third kappa shape index (κ3) is 2.54. The smallest absolute Gasteiger partial charge is 0.335 e. The molecular weight excluding hydrogens is 276 g/mol. The van der Waals surface area contributed by atoms with Gasteiger partial charge in [-0.25, -0.2) is 4.79 Å². The highest BCUT2D eigenvalue weighted by molar-refractivity contribution is 9.10. The van der Waals surface area contributed by atoms with Gasteiger partial charge < -0.3 is 14.6 Å². The molecular formula is C11H11BrO4. The van der Waals surface area contributed by atoms with Gasteiger partial charge in [-0.05, 0) is 34.1 Å². The van der Waals surface area contributed by atoms with Gasteiger partial charge in [0.05, 0.1) is 23.2 Å². The van der Waals surface area contributed by atoms with E-state index in [-0.39, 0.29) is 11.7 Å². The van der Waals surface area contributed by atoms with Gasteiger partial charge in [0.1, 0.15) is 11.9 Å². The molecule has 1 aliphatic heterocycles. The molecule has 1 saturated heterocycles. The van der Waals surface area contributed by atoms with E-state index in [2.05, 4.69) is 15.9 Å². The first-order valence-corrected chi connectivity index (χ1v) is 5.73. The number of ether oxygens (including phenoxy) is 2. The molecule has 16 heavy (non-hydrogen) atoms. The number of benzene rings is 1. The molecule has 0 aliphatic carbocycles. The van der Waals surface area contributed by atoms with Crippen molar-refractivity contribution in [2.75, 3.05) is 13.2 Å². The van der Waals surface area contributed by atoms with Crippen molar-refractivity contribution >= 4 is 21.9 Å². The van der Waals surface area contributed by atoms with Crippen molar-refractivity contribution in [3.8, 4) is 5.75 Å². The molecule has 0 aromatic heterocycles. The van der Waals surface area contributed by atoms with Gasteiger partial charge in [0.15, 0.2) is 0 Å². The summed E-state index contributed by atoms with van der Waals surface area (Å²) >= 11 is 3.33. The molecule has 1 aromatic rings. The lowest BCUT2D eigenvalue weighted by atomic mass is 10.2. The van der Waals surface area contributed by atoms with E-state index in [0.717, 1.165) is 10.9 Å². The van der Waals surface area contributed by atoms with Crippen molar-refractivity contribution in [2.24, 2.45) is 0 Å². The second-order valence-electron chi connectivity index (χ2n) is 3.55. The summed E-state index contributed by atoms with van der Waals surface area (Å²) in [6, 6.07) is 4.73. The van der Waals surface area contributed by atoms with E-state index in [9.17, 15) is 4.79 Å². The quantitative estimate of drug-likeness (QED) is 0.927. The molecule has 1 atom stereocenters. The number of aromatic carboxylic acids is 1. The Morgan fingerprint density at radius 1 is 1.56 bits per heavy atom.